The Hall–Kier alpha value is -2.86. The van der Waals surface area contributed by atoms with Gasteiger partial charge < -0.3 is 18.9 Å². The zero-order chi connectivity index (χ0) is 24.3. The van der Waals surface area contributed by atoms with Gasteiger partial charge in [-0.25, -0.2) is 4.98 Å². The van der Waals surface area contributed by atoms with Gasteiger partial charge in [0.2, 0.25) is 5.13 Å². The molecule has 1 aliphatic heterocycles. The number of anilines is 1. The van der Waals surface area contributed by atoms with Crippen LogP contribution in [-0.2, 0) is 9.47 Å². The lowest BCUT2D eigenvalue weighted by Crippen LogP contribution is -2.45. The number of pyridine rings is 2. The second-order valence-electron chi connectivity index (χ2n) is 8.19. The number of nitrogens with one attached hydrogen (secondary N) is 1. The molecule has 34 heavy (non-hydrogen) atoms. The molecule has 0 radical (unpaired) electrons. The largest absolute Gasteiger partial charge is 0.494 e. The van der Waals surface area contributed by atoms with E-state index in [0.717, 1.165) is 11.3 Å². The molecule has 4 heterocycles. The van der Waals surface area contributed by atoms with Crippen LogP contribution in [0, 0.1) is 6.92 Å². The molecular weight excluding hydrogens is 482 g/mol. The molecule has 10 nitrogen and oxygen atoms in total. The Kier molecular flexibility index (Phi) is 7.27. The maximum absolute atomic E-state index is 13.2. The molecule has 1 aliphatic rings. The molecule has 3 aromatic rings. The number of aryl methyl sites for hydroxylation is 1. The van der Waals surface area contributed by atoms with Gasteiger partial charge in [0, 0.05) is 18.0 Å². The predicted molar refractivity (Wildman–Crippen MR) is 127 cm³/mol. The van der Waals surface area contributed by atoms with Crippen LogP contribution in [0.15, 0.2) is 24.5 Å². The molecule has 0 unspecified atom stereocenters. The van der Waals surface area contributed by atoms with Crippen LogP contribution in [0.4, 0.5) is 5.13 Å². The molecule has 4 rings (SSSR count). The van der Waals surface area contributed by atoms with Crippen LogP contribution in [0.5, 0.6) is 10.9 Å². The monoisotopic (exact) mass is 505 g/mol. The Morgan fingerprint density at radius 3 is 2.91 bits per heavy atom. The number of rotatable bonds is 7. The Balaban J connectivity index is 1.50. The topological polar surface area (TPSA) is 118 Å². The van der Waals surface area contributed by atoms with Crippen LogP contribution in [0.25, 0.3) is 11.1 Å². The van der Waals surface area contributed by atoms with Crippen LogP contribution in [-0.4, -0.2) is 64.7 Å². The Bertz CT molecular complexity index is 1190. The van der Waals surface area contributed by atoms with Crippen molar-refractivity contribution in [2.24, 2.45) is 0 Å². The van der Waals surface area contributed by atoms with E-state index in [2.05, 4.69) is 25.5 Å². The van der Waals surface area contributed by atoms with E-state index in [-0.39, 0.29) is 29.0 Å². The number of halogens is 1. The van der Waals surface area contributed by atoms with Crippen molar-refractivity contribution >= 4 is 34.0 Å². The number of hydrogen-bond acceptors (Lipinski definition) is 10. The number of ether oxygens (including phenoxy) is 4. The lowest BCUT2D eigenvalue weighted by atomic mass is 9.99. The predicted octanol–water partition coefficient (Wildman–Crippen LogP) is 3.79. The van der Waals surface area contributed by atoms with Crippen molar-refractivity contribution in [3.05, 3.63) is 40.9 Å². The van der Waals surface area contributed by atoms with Crippen molar-refractivity contribution in [3.63, 3.8) is 0 Å². The van der Waals surface area contributed by atoms with E-state index in [1.54, 1.807) is 25.3 Å². The maximum atomic E-state index is 13.2. The SMILES string of the molecule is COc1c(C)ncc(C(=O)Nc2nnc(OC[C@H]3COCC(C)(C)O3)s2)c1-c1ccnc(Cl)c1. The van der Waals surface area contributed by atoms with E-state index in [1.165, 1.54) is 13.3 Å². The summed E-state index contributed by atoms with van der Waals surface area (Å²) in [5, 5.41) is 11.6. The van der Waals surface area contributed by atoms with Crippen LogP contribution in [0.3, 0.4) is 0 Å². The van der Waals surface area contributed by atoms with E-state index < -0.39 is 5.91 Å². The van der Waals surface area contributed by atoms with Gasteiger partial charge in [-0.3, -0.25) is 15.1 Å². The van der Waals surface area contributed by atoms with E-state index in [9.17, 15) is 4.79 Å². The highest BCUT2D eigenvalue weighted by Gasteiger charge is 2.30. The highest BCUT2D eigenvalue weighted by molar-refractivity contribution is 7.17. The molecule has 180 valence electrons. The molecule has 1 amide bonds. The maximum Gasteiger partial charge on any atom is 0.295 e. The van der Waals surface area contributed by atoms with E-state index in [0.29, 0.717) is 46.1 Å². The van der Waals surface area contributed by atoms with Crippen molar-refractivity contribution in [1.29, 1.82) is 0 Å². The highest BCUT2D eigenvalue weighted by Crippen LogP contribution is 2.36. The van der Waals surface area contributed by atoms with Crippen molar-refractivity contribution in [2.45, 2.75) is 32.5 Å². The Morgan fingerprint density at radius 2 is 2.18 bits per heavy atom. The van der Waals surface area contributed by atoms with Crippen molar-refractivity contribution in [3.8, 4) is 22.1 Å². The molecule has 0 saturated carbocycles. The average molecular weight is 506 g/mol. The van der Waals surface area contributed by atoms with Gasteiger partial charge in [-0.1, -0.05) is 16.7 Å². The van der Waals surface area contributed by atoms with Gasteiger partial charge in [0.25, 0.3) is 11.1 Å². The van der Waals surface area contributed by atoms with Gasteiger partial charge in [-0.2, -0.15) is 0 Å². The molecule has 3 aromatic heterocycles. The molecule has 0 bridgehead atoms. The van der Waals surface area contributed by atoms with E-state index in [1.807, 2.05) is 13.8 Å². The standard InChI is InChI=1S/C22H24ClN5O5S/c1-12-18(30-4)17(13-5-6-24-16(23)7-13)15(8-25-12)19(29)26-20-27-28-21(34-20)32-10-14-9-31-11-22(2,3)33-14/h5-8,14H,9-11H2,1-4H3,(H,26,27,29)/t14-/m1/s1. The number of nitrogens with zero attached hydrogens (tertiary/aromatic N) is 4. The first kappa shape index (κ1) is 24.3. The number of aromatic nitrogens is 4. The van der Waals surface area contributed by atoms with Crippen molar-refractivity contribution in [1.82, 2.24) is 20.2 Å². The number of hydrogen-bond donors (Lipinski definition) is 1. The first-order chi connectivity index (χ1) is 16.3. The third-order valence-electron chi connectivity index (χ3n) is 4.94. The summed E-state index contributed by atoms with van der Waals surface area (Å²) >= 11 is 7.19. The fraction of sp³-hybridized carbons (Fsp3) is 0.409. The van der Waals surface area contributed by atoms with Gasteiger partial charge in [-0.05, 0) is 49.8 Å². The molecule has 0 aliphatic carbocycles. The lowest BCUT2D eigenvalue weighted by molar-refractivity contribution is -0.189. The summed E-state index contributed by atoms with van der Waals surface area (Å²) in [5.74, 6) is 0.0380. The summed E-state index contributed by atoms with van der Waals surface area (Å²) in [7, 11) is 1.52. The number of carbonyl (C=O) groups is 1. The first-order valence-corrected chi connectivity index (χ1v) is 11.6. The van der Waals surface area contributed by atoms with Crippen LogP contribution < -0.4 is 14.8 Å². The van der Waals surface area contributed by atoms with Gasteiger partial charge >= 0.3 is 0 Å². The minimum atomic E-state index is -0.429. The molecule has 1 fully saturated rings. The van der Waals surface area contributed by atoms with E-state index >= 15 is 0 Å². The molecule has 0 spiro atoms. The summed E-state index contributed by atoms with van der Waals surface area (Å²) in [6.45, 7) is 6.95. The summed E-state index contributed by atoms with van der Waals surface area (Å²) in [6, 6.07) is 3.40. The van der Waals surface area contributed by atoms with Crippen LogP contribution >= 0.6 is 22.9 Å². The second kappa shape index (κ2) is 10.2. The quantitative estimate of drug-likeness (QED) is 0.478. The van der Waals surface area contributed by atoms with Gasteiger partial charge in [0.15, 0.2) is 0 Å². The van der Waals surface area contributed by atoms with E-state index in [4.69, 9.17) is 30.5 Å². The molecule has 0 aromatic carbocycles. The highest BCUT2D eigenvalue weighted by atomic mass is 35.5. The van der Waals surface area contributed by atoms with Crippen molar-refractivity contribution < 1.29 is 23.7 Å². The second-order valence-corrected chi connectivity index (χ2v) is 9.51. The Morgan fingerprint density at radius 1 is 1.35 bits per heavy atom. The molecule has 1 N–H and O–H groups in total. The first-order valence-electron chi connectivity index (χ1n) is 10.4. The molecule has 12 heteroatoms. The lowest BCUT2D eigenvalue weighted by Gasteiger charge is -2.35. The minimum absolute atomic E-state index is 0.216. The fourth-order valence-electron chi connectivity index (χ4n) is 3.54. The number of methoxy groups -OCH3 is 1. The zero-order valence-electron chi connectivity index (χ0n) is 19.1. The summed E-state index contributed by atoms with van der Waals surface area (Å²) in [4.78, 5) is 21.5. The normalized spacial score (nSPS) is 17.3. The zero-order valence-corrected chi connectivity index (χ0v) is 20.7. The number of carbonyl (C=O) groups excluding carboxylic acids is 1. The van der Waals surface area contributed by atoms with Crippen LogP contribution in [0.2, 0.25) is 5.15 Å². The molecule has 1 atom stereocenters. The minimum Gasteiger partial charge on any atom is -0.494 e. The number of amides is 1. The third kappa shape index (κ3) is 5.61. The van der Waals surface area contributed by atoms with Crippen molar-refractivity contribution in [2.75, 3.05) is 32.2 Å². The smallest absolute Gasteiger partial charge is 0.295 e. The molecular formula is C22H24ClN5O5S. The average Bonchev–Trinajstić information content (AvgIpc) is 3.24. The van der Waals surface area contributed by atoms with Crippen LogP contribution in [0.1, 0.15) is 29.9 Å². The summed E-state index contributed by atoms with van der Waals surface area (Å²) < 4.78 is 22.7. The van der Waals surface area contributed by atoms with Gasteiger partial charge in [0.1, 0.15) is 23.6 Å². The Labute approximate surface area is 205 Å². The van der Waals surface area contributed by atoms with Gasteiger partial charge in [-0.15, -0.1) is 5.10 Å². The van der Waals surface area contributed by atoms with Gasteiger partial charge in [0.05, 0.1) is 37.2 Å². The molecule has 1 saturated heterocycles. The third-order valence-corrected chi connectivity index (χ3v) is 5.89. The summed E-state index contributed by atoms with van der Waals surface area (Å²) in [5.41, 5.74) is 1.77. The summed E-state index contributed by atoms with van der Waals surface area (Å²) in [6.07, 6.45) is 2.83. The fourth-order valence-corrected chi connectivity index (χ4v) is 4.31.